The number of pyridine rings is 1. The third-order valence-corrected chi connectivity index (χ3v) is 4.63. The molecule has 0 fully saturated rings. The lowest BCUT2D eigenvalue weighted by Gasteiger charge is -2.28. The van der Waals surface area contributed by atoms with Gasteiger partial charge in [0.1, 0.15) is 12.3 Å². The van der Waals surface area contributed by atoms with Gasteiger partial charge in [-0.25, -0.2) is 4.79 Å². The summed E-state index contributed by atoms with van der Waals surface area (Å²) in [5, 5.41) is 2.61. The second kappa shape index (κ2) is 8.83. The summed E-state index contributed by atoms with van der Waals surface area (Å²) in [6.45, 7) is 2.67. The minimum absolute atomic E-state index is 0.151. The highest BCUT2D eigenvalue weighted by Crippen LogP contribution is 2.20. The van der Waals surface area contributed by atoms with Crippen molar-refractivity contribution in [2.45, 2.75) is 26.1 Å². The predicted molar refractivity (Wildman–Crippen MR) is 103 cm³/mol. The number of fused-ring (bicyclic) bond motifs is 1. The molecule has 7 heteroatoms. The molecule has 1 amide bonds. The monoisotopic (exact) mass is 371 g/mol. The van der Waals surface area contributed by atoms with Gasteiger partial charge in [0.25, 0.3) is 5.56 Å². The topological polar surface area (TPSA) is 72.8 Å². The molecule has 0 aliphatic carbocycles. The number of hydrogen-bond donors (Lipinski definition) is 1. The van der Waals surface area contributed by atoms with Gasteiger partial charge < -0.3 is 18.9 Å². The molecule has 3 rings (SSSR count). The van der Waals surface area contributed by atoms with Crippen LogP contribution in [0.5, 0.6) is 0 Å². The zero-order chi connectivity index (χ0) is 19.2. The molecule has 1 N–H and O–H groups in total. The molecule has 27 heavy (non-hydrogen) atoms. The minimum Gasteiger partial charge on any atom is -0.444 e. The molecule has 2 heterocycles. The van der Waals surface area contributed by atoms with Crippen LogP contribution in [0, 0.1) is 0 Å². The Morgan fingerprint density at radius 1 is 1.26 bits per heavy atom. The van der Waals surface area contributed by atoms with Crippen LogP contribution in [-0.2, 0) is 35.6 Å². The van der Waals surface area contributed by atoms with Crippen molar-refractivity contribution in [1.82, 2.24) is 9.47 Å². The van der Waals surface area contributed by atoms with Crippen molar-refractivity contribution in [1.29, 1.82) is 0 Å². The number of likely N-dealkylation sites (N-methyl/N-ethyl adjacent to an activating group) is 1. The number of carbonyl (C=O) groups excluding carboxylic acids is 1. The van der Waals surface area contributed by atoms with E-state index in [2.05, 4.69) is 10.2 Å². The zero-order valence-electron chi connectivity index (χ0n) is 15.7. The lowest BCUT2D eigenvalue weighted by Crippen LogP contribution is -2.36. The number of anilines is 1. The number of nitrogens with one attached hydrogen (secondary N) is 1. The largest absolute Gasteiger partial charge is 0.444 e. The Morgan fingerprint density at radius 2 is 2.04 bits per heavy atom. The minimum atomic E-state index is -0.640. The van der Waals surface area contributed by atoms with Crippen molar-refractivity contribution in [2.24, 2.45) is 0 Å². The molecule has 1 aliphatic rings. The number of benzene rings is 1. The first kappa shape index (κ1) is 19.1. The lowest BCUT2D eigenvalue weighted by molar-refractivity contribution is 0.155. The van der Waals surface area contributed by atoms with Gasteiger partial charge in [-0.1, -0.05) is 30.3 Å². The Hall–Kier alpha value is -2.64. The van der Waals surface area contributed by atoms with Crippen LogP contribution in [0.2, 0.25) is 0 Å². The van der Waals surface area contributed by atoms with Crippen molar-refractivity contribution in [3.05, 3.63) is 63.6 Å². The van der Waals surface area contributed by atoms with Crippen molar-refractivity contribution in [3.63, 3.8) is 0 Å². The summed E-state index contributed by atoms with van der Waals surface area (Å²) in [6, 6.07) is 11.2. The van der Waals surface area contributed by atoms with E-state index in [0.29, 0.717) is 13.2 Å². The van der Waals surface area contributed by atoms with Gasteiger partial charge >= 0.3 is 6.09 Å². The summed E-state index contributed by atoms with van der Waals surface area (Å²) in [4.78, 5) is 27.2. The fourth-order valence-electron chi connectivity index (χ4n) is 3.24. The van der Waals surface area contributed by atoms with Crippen LogP contribution in [0.15, 0.2) is 41.2 Å². The normalized spacial score (nSPS) is 13.9. The molecule has 2 aromatic rings. The van der Waals surface area contributed by atoms with Crippen LogP contribution in [0.25, 0.3) is 0 Å². The maximum atomic E-state index is 12.9. The molecule has 1 aromatic carbocycles. The van der Waals surface area contributed by atoms with Gasteiger partial charge in [0.05, 0.1) is 6.61 Å². The Kier molecular flexibility index (Phi) is 6.26. The number of amides is 1. The summed E-state index contributed by atoms with van der Waals surface area (Å²) >= 11 is 0. The average molecular weight is 371 g/mol. The first-order valence-corrected chi connectivity index (χ1v) is 8.99. The fraction of sp³-hybridized carbons (Fsp3) is 0.400. The molecular formula is C20H25N3O4. The molecule has 7 nitrogen and oxygen atoms in total. The van der Waals surface area contributed by atoms with E-state index in [1.54, 1.807) is 17.7 Å². The number of nitrogens with zero attached hydrogens (tertiary/aromatic N) is 2. The molecule has 0 atom stereocenters. The van der Waals surface area contributed by atoms with Crippen molar-refractivity contribution in [3.8, 4) is 0 Å². The highest BCUT2D eigenvalue weighted by atomic mass is 16.5. The maximum Gasteiger partial charge on any atom is 0.412 e. The number of carbonyl (C=O) groups is 1. The second-order valence-electron chi connectivity index (χ2n) is 6.65. The van der Waals surface area contributed by atoms with Crippen LogP contribution < -0.4 is 10.9 Å². The second-order valence-corrected chi connectivity index (χ2v) is 6.65. The summed E-state index contributed by atoms with van der Waals surface area (Å²) in [7, 11) is 3.64. The van der Waals surface area contributed by atoms with Crippen LogP contribution in [0.1, 0.15) is 16.8 Å². The first-order valence-electron chi connectivity index (χ1n) is 8.99. The SMILES string of the molecule is COCCn1c2c(cc(NC(=O)OCc3ccccc3)c1=O)CN(C)CC2. The number of hydrogen-bond acceptors (Lipinski definition) is 5. The fourth-order valence-corrected chi connectivity index (χ4v) is 3.24. The number of rotatable bonds is 6. The van der Waals surface area contributed by atoms with Crippen molar-refractivity contribution >= 4 is 11.8 Å². The first-order chi connectivity index (χ1) is 13.1. The van der Waals surface area contributed by atoms with Crippen LogP contribution >= 0.6 is 0 Å². The Balaban J connectivity index is 1.78. The molecule has 1 aliphatic heterocycles. The van der Waals surface area contributed by atoms with Gasteiger partial charge in [-0.05, 0) is 24.2 Å². The van der Waals surface area contributed by atoms with Crippen LogP contribution in [-0.4, -0.2) is 42.9 Å². The van der Waals surface area contributed by atoms with E-state index < -0.39 is 6.09 Å². The Labute approximate surface area is 158 Å². The third kappa shape index (κ3) is 4.75. The van der Waals surface area contributed by atoms with E-state index in [9.17, 15) is 9.59 Å². The molecular weight excluding hydrogens is 346 g/mol. The molecule has 0 unspecified atom stereocenters. The van der Waals surface area contributed by atoms with Gasteiger partial charge in [-0.15, -0.1) is 0 Å². The molecule has 1 aromatic heterocycles. The number of aromatic nitrogens is 1. The summed E-state index contributed by atoms with van der Waals surface area (Å²) < 4.78 is 12.1. The smallest absolute Gasteiger partial charge is 0.412 e. The Morgan fingerprint density at radius 3 is 2.78 bits per heavy atom. The van der Waals surface area contributed by atoms with Gasteiger partial charge in [-0.3, -0.25) is 10.1 Å². The molecule has 144 valence electrons. The van der Waals surface area contributed by atoms with E-state index >= 15 is 0 Å². The number of methoxy groups -OCH3 is 1. The zero-order valence-corrected chi connectivity index (χ0v) is 15.7. The maximum absolute atomic E-state index is 12.9. The summed E-state index contributed by atoms with van der Waals surface area (Å²) in [5.74, 6) is 0. The van der Waals surface area contributed by atoms with Gasteiger partial charge in [0.15, 0.2) is 0 Å². The van der Waals surface area contributed by atoms with E-state index in [4.69, 9.17) is 9.47 Å². The van der Waals surface area contributed by atoms with Crippen LogP contribution in [0.3, 0.4) is 0 Å². The van der Waals surface area contributed by atoms with E-state index in [-0.39, 0.29) is 17.9 Å². The molecule has 0 bridgehead atoms. The van der Waals surface area contributed by atoms with E-state index in [1.165, 1.54) is 0 Å². The molecule has 0 saturated heterocycles. The van der Waals surface area contributed by atoms with Crippen molar-refractivity contribution in [2.75, 3.05) is 32.6 Å². The molecule has 0 saturated carbocycles. The highest BCUT2D eigenvalue weighted by molar-refractivity contribution is 5.84. The van der Waals surface area contributed by atoms with E-state index in [0.717, 1.165) is 36.3 Å². The third-order valence-electron chi connectivity index (χ3n) is 4.63. The van der Waals surface area contributed by atoms with Crippen molar-refractivity contribution < 1.29 is 14.3 Å². The summed E-state index contributed by atoms with van der Waals surface area (Å²) in [5.41, 5.74) is 2.94. The highest BCUT2D eigenvalue weighted by Gasteiger charge is 2.21. The van der Waals surface area contributed by atoms with Gasteiger partial charge in [-0.2, -0.15) is 0 Å². The van der Waals surface area contributed by atoms with Crippen LogP contribution in [0.4, 0.5) is 10.5 Å². The predicted octanol–water partition coefficient (Wildman–Crippen LogP) is 2.23. The van der Waals surface area contributed by atoms with Gasteiger partial charge in [0, 0.05) is 38.9 Å². The van der Waals surface area contributed by atoms with E-state index in [1.807, 2.05) is 37.4 Å². The van der Waals surface area contributed by atoms with Gasteiger partial charge in [0.2, 0.25) is 0 Å². The average Bonchev–Trinajstić information content (AvgIpc) is 2.67. The lowest BCUT2D eigenvalue weighted by atomic mass is 10.0. The quantitative estimate of drug-likeness (QED) is 0.843. The molecule has 0 spiro atoms. The Bertz CT molecular complexity index is 848. The molecule has 0 radical (unpaired) electrons. The number of ether oxygens (including phenoxy) is 2. The standard InChI is InChI=1S/C20H25N3O4/c1-22-9-8-18-16(13-22)12-17(19(24)23(18)10-11-26-2)21-20(25)27-14-15-6-4-3-5-7-15/h3-7,12H,8-11,13-14H2,1-2H3,(H,21,25). The summed E-state index contributed by atoms with van der Waals surface area (Å²) in [6.07, 6.45) is 0.155.